The van der Waals surface area contributed by atoms with Crippen molar-refractivity contribution in [1.29, 1.82) is 0 Å². The molecule has 0 heterocycles. The average molecular weight is 802 g/mol. The summed E-state index contributed by atoms with van der Waals surface area (Å²) >= 11 is 0. The molecule has 0 aromatic heterocycles. The van der Waals surface area contributed by atoms with E-state index in [0.717, 1.165) is 32.1 Å². The number of nitrogens with two attached hydrogens (primary N) is 1. The van der Waals surface area contributed by atoms with E-state index in [9.17, 15) is 14.3 Å². The largest absolute Gasteiger partial charge is 0.498 e. The molecule has 2 atom stereocenters. The fourth-order valence-corrected chi connectivity index (χ4v) is 7.79. The van der Waals surface area contributed by atoms with Crippen LogP contribution in [0.3, 0.4) is 0 Å². The molecule has 0 rings (SSSR count). The molecule has 3 N–H and O–H groups in total. The Hall–Kier alpha value is -0.920. The lowest BCUT2D eigenvalue weighted by molar-refractivity contribution is -0.153. The summed E-state index contributed by atoms with van der Waals surface area (Å²) in [6, 6.07) is 0. The van der Waals surface area contributed by atoms with Gasteiger partial charge in [0.15, 0.2) is 6.10 Å². The number of rotatable bonds is 46. The minimum Gasteiger partial charge on any atom is -0.498 e. The SMILES string of the molecule is CCCCCCCCCCCCCCCCCC/C=C\OC[C@H](COP(=O)(O)OCCN)OC(=O)CCCCCCCCCCCCCCCCCCCC. The second-order valence-corrected chi connectivity index (χ2v) is 17.5. The summed E-state index contributed by atoms with van der Waals surface area (Å²) in [4.78, 5) is 22.5. The lowest BCUT2D eigenvalue weighted by Crippen LogP contribution is -2.27. The van der Waals surface area contributed by atoms with Gasteiger partial charge in [-0.2, -0.15) is 0 Å². The van der Waals surface area contributed by atoms with Crippen molar-refractivity contribution in [2.45, 2.75) is 251 Å². The molecular formula is C46H92NO7P. The first-order valence-electron chi connectivity index (χ1n) is 23.7. The van der Waals surface area contributed by atoms with Crippen molar-refractivity contribution < 1.29 is 32.8 Å². The van der Waals surface area contributed by atoms with Crippen LogP contribution in [0.5, 0.6) is 0 Å². The molecule has 0 saturated heterocycles. The molecule has 0 radical (unpaired) electrons. The highest BCUT2D eigenvalue weighted by molar-refractivity contribution is 7.47. The highest BCUT2D eigenvalue weighted by Gasteiger charge is 2.25. The number of hydrogen-bond acceptors (Lipinski definition) is 7. The molecule has 8 nitrogen and oxygen atoms in total. The number of allylic oxidation sites excluding steroid dienone is 1. The van der Waals surface area contributed by atoms with E-state index < -0.39 is 13.9 Å². The summed E-state index contributed by atoms with van der Waals surface area (Å²) < 4.78 is 33.3. The molecule has 0 aliphatic carbocycles. The number of phosphoric acid groups is 1. The summed E-state index contributed by atoms with van der Waals surface area (Å²) in [5, 5.41) is 0. The van der Waals surface area contributed by atoms with Crippen LogP contribution in [0, 0.1) is 0 Å². The predicted octanol–water partition coefficient (Wildman–Crippen LogP) is 14.6. The number of unbranched alkanes of at least 4 members (excludes halogenated alkanes) is 33. The fourth-order valence-electron chi connectivity index (χ4n) is 7.02. The Morgan fingerprint density at radius 1 is 0.545 bits per heavy atom. The highest BCUT2D eigenvalue weighted by Crippen LogP contribution is 2.43. The second-order valence-electron chi connectivity index (χ2n) is 16.1. The van der Waals surface area contributed by atoms with Crippen LogP contribution in [-0.2, 0) is 27.9 Å². The Labute approximate surface area is 341 Å². The van der Waals surface area contributed by atoms with E-state index in [1.165, 1.54) is 193 Å². The van der Waals surface area contributed by atoms with Crippen LogP contribution in [0.2, 0.25) is 0 Å². The topological polar surface area (TPSA) is 117 Å². The van der Waals surface area contributed by atoms with Crippen molar-refractivity contribution >= 4 is 13.8 Å². The maximum absolute atomic E-state index is 12.6. The van der Waals surface area contributed by atoms with Crippen molar-refractivity contribution in [3.63, 3.8) is 0 Å². The van der Waals surface area contributed by atoms with Crippen molar-refractivity contribution in [3.05, 3.63) is 12.3 Å². The predicted molar refractivity (Wildman–Crippen MR) is 233 cm³/mol. The van der Waals surface area contributed by atoms with Gasteiger partial charge in [-0.05, 0) is 25.3 Å². The third-order valence-corrected chi connectivity index (χ3v) is 11.5. The van der Waals surface area contributed by atoms with Gasteiger partial charge in [0, 0.05) is 13.0 Å². The van der Waals surface area contributed by atoms with E-state index >= 15 is 0 Å². The zero-order valence-electron chi connectivity index (χ0n) is 36.4. The molecule has 0 aliphatic heterocycles. The molecule has 55 heavy (non-hydrogen) atoms. The van der Waals surface area contributed by atoms with Crippen molar-refractivity contribution in [3.8, 4) is 0 Å². The minimum atomic E-state index is -4.29. The Bertz CT molecular complexity index is 858. The summed E-state index contributed by atoms with van der Waals surface area (Å²) in [7, 11) is -4.29. The van der Waals surface area contributed by atoms with E-state index in [-0.39, 0.29) is 32.3 Å². The normalized spacial score (nSPS) is 13.4. The number of esters is 1. The zero-order valence-corrected chi connectivity index (χ0v) is 37.3. The number of ether oxygens (including phenoxy) is 2. The van der Waals surface area contributed by atoms with Crippen LogP contribution < -0.4 is 5.73 Å². The van der Waals surface area contributed by atoms with Gasteiger partial charge >= 0.3 is 13.8 Å². The zero-order chi connectivity index (χ0) is 40.2. The summed E-state index contributed by atoms with van der Waals surface area (Å²) in [5.74, 6) is -0.346. The van der Waals surface area contributed by atoms with E-state index in [4.69, 9.17) is 24.3 Å². The van der Waals surface area contributed by atoms with Crippen molar-refractivity contribution in [2.75, 3.05) is 26.4 Å². The van der Waals surface area contributed by atoms with E-state index in [1.54, 1.807) is 6.26 Å². The van der Waals surface area contributed by atoms with Crippen LogP contribution >= 0.6 is 7.82 Å². The monoisotopic (exact) mass is 802 g/mol. The van der Waals surface area contributed by atoms with Gasteiger partial charge in [0.1, 0.15) is 6.61 Å². The molecule has 0 spiro atoms. The second kappa shape index (κ2) is 44.2. The van der Waals surface area contributed by atoms with Gasteiger partial charge in [-0.1, -0.05) is 219 Å². The Balaban J connectivity index is 3.98. The molecule has 0 aromatic rings. The van der Waals surface area contributed by atoms with Gasteiger partial charge in [-0.25, -0.2) is 4.57 Å². The standard InChI is InChI=1S/C46H92NO7P/c1-3-5-7-9-11-13-15-17-19-21-23-25-27-29-31-33-35-37-39-46(48)54-45(44-53-55(49,50)52-42-40-47)43-51-41-38-36-34-32-30-28-26-24-22-20-18-16-14-12-10-8-6-4-2/h38,41,45H,3-37,39-40,42-44,47H2,1-2H3,(H,49,50)/b41-38-/t45-/m1/s1. The van der Waals surface area contributed by atoms with Gasteiger partial charge < -0.3 is 20.1 Å². The molecule has 0 aromatic carbocycles. The molecule has 0 bridgehead atoms. The van der Waals surface area contributed by atoms with E-state index in [0.29, 0.717) is 6.42 Å². The maximum atomic E-state index is 12.6. The molecule has 328 valence electrons. The lowest BCUT2D eigenvalue weighted by atomic mass is 10.0. The number of hydrogen-bond donors (Lipinski definition) is 2. The van der Waals surface area contributed by atoms with Crippen LogP contribution in [0.25, 0.3) is 0 Å². The van der Waals surface area contributed by atoms with Gasteiger partial charge in [0.25, 0.3) is 0 Å². The molecule has 9 heteroatoms. The minimum absolute atomic E-state index is 0.0389. The third-order valence-electron chi connectivity index (χ3n) is 10.5. The molecule has 1 unspecified atom stereocenters. The van der Waals surface area contributed by atoms with Gasteiger partial charge in [-0.3, -0.25) is 13.8 Å². The Kier molecular flexibility index (Phi) is 43.4. The van der Waals surface area contributed by atoms with Crippen LogP contribution in [0.15, 0.2) is 12.3 Å². The summed E-state index contributed by atoms with van der Waals surface area (Å²) in [6.45, 7) is 4.29. The third kappa shape index (κ3) is 44.0. The first kappa shape index (κ1) is 54.1. The average Bonchev–Trinajstić information content (AvgIpc) is 3.17. The summed E-state index contributed by atoms with van der Waals surface area (Å²) in [6.07, 6.45) is 49.0. The van der Waals surface area contributed by atoms with Gasteiger partial charge in [0.2, 0.25) is 0 Å². The molecular weight excluding hydrogens is 709 g/mol. The Morgan fingerprint density at radius 3 is 1.29 bits per heavy atom. The van der Waals surface area contributed by atoms with Gasteiger partial charge in [-0.15, -0.1) is 0 Å². The fraction of sp³-hybridized carbons (Fsp3) is 0.935. The van der Waals surface area contributed by atoms with E-state index in [2.05, 4.69) is 13.8 Å². The van der Waals surface area contributed by atoms with Crippen LogP contribution in [0.1, 0.15) is 245 Å². The molecule has 0 fully saturated rings. The highest BCUT2D eigenvalue weighted by atomic mass is 31.2. The van der Waals surface area contributed by atoms with Crippen LogP contribution in [0.4, 0.5) is 0 Å². The van der Waals surface area contributed by atoms with Crippen LogP contribution in [-0.4, -0.2) is 43.3 Å². The van der Waals surface area contributed by atoms with Crippen molar-refractivity contribution in [1.82, 2.24) is 0 Å². The quantitative estimate of drug-likeness (QED) is 0.0270. The lowest BCUT2D eigenvalue weighted by Gasteiger charge is -2.19. The van der Waals surface area contributed by atoms with Gasteiger partial charge in [0.05, 0.1) is 19.5 Å². The maximum Gasteiger partial charge on any atom is 0.472 e. The van der Waals surface area contributed by atoms with Crippen molar-refractivity contribution in [2.24, 2.45) is 5.73 Å². The molecule has 0 saturated carbocycles. The number of phosphoric ester groups is 1. The van der Waals surface area contributed by atoms with E-state index in [1.807, 2.05) is 6.08 Å². The first-order valence-corrected chi connectivity index (χ1v) is 25.2. The summed E-state index contributed by atoms with van der Waals surface area (Å²) in [5.41, 5.74) is 5.37. The molecule has 0 aliphatic rings. The first-order chi connectivity index (χ1) is 26.9. The molecule has 0 amide bonds. The Morgan fingerprint density at radius 2 is 0.909 bits per heavy atom. The smallest absolute Gasteiger partial charge is 0.472 e. The number of carbonyl (C=O) groups excluding carboxylic acids is 1. The number of carbonyl (C=O) groups is 1.